The molecule has 6 nitrogen and oxygen atoms in total. The maximum Gasteiger partial charge on any atom is 0.280 e. The van der Waals surface area contributed by atoms with Gasteiger partial charge in [0.1, 0.15) is 5.75 Å². The normalized spacial score (nSPS) is 10.7. The van der Waals surface area contributed by atoms with Crippen molar-refractivity contribution in [2.75, 3.05) is 12.0 Å². The number of methoxy groups -OCH3 is 1. The topological polar surface area (TPSA) is 68.7 Å². The molecule has 0 bridgehead atoms. The van der Waals surface area contributed by atoms with Crippen LogP contribution in [-0.4, -0.2) is 18.2 Å². The monoisotopic (exact) mass is 380 g/mol. The van der Waals surface area contributed by atoms with Gasteiger partial charge in [-0.15, -0.1) is 11.3 Å². The van der Waals surface area contributed by atoms with Gasteiger partial charge in [-0.05, 0) is 47.8 Å². The summed E-state index contributed by atoms with van der Waals surface area (Å²) in [5, 5.41) is 5.92. The largest absolute Gasteiger partial charge is 0.497 e. The van der Waals surface area contributed by atoms with Crippen LogP contribution in [0.2, 0.25) is 0 Å². The third-order valence-electron chi connectivity index (χ3n) is 4.02. The number of hydrogen-bond acceptors (Lipinski definition) is 6. The molecule has 3 heterocycles. The van der Waals surface area contributed by atoms with Gasteiger partial charge in [0.15, 0.2) is 11.5 Å². The molecule has 0 N–H and O–H groups in total. The van der Waals surface area contributed by atoms with Crippen molar-refractivity contribution in [2.24, 2.45) is 0 Å². The number of hydrogen-bond donors (Lipinski definition) is 0. The summed E-state index contributed by atoms with van der Waals surface area (Å²) >= 11 is 1.59. The Morgan fingerprint density at radius 2 is 2.00 bits per heavy atom. The molecule has 1 amide bonds. The number of nitrogens with zero attached hydrogens (tertiary/aromatic N) is 2. The lowest BCUT2D eigenvalue weighted by Crippen LogP contribution is -2.30. The predicted molar refractivity (Wildman–Crippen MR) is 102 cm³/mol. The summed E-state index contributed by atoms with van der Waals surface area (Å²) in [7, 11) is 1.61. The molecule has 4 aromatic rings. The number of ether oxygens (including phenoxy) is 1. The summed E-state index contributed by atoms with van der Waals surface area (Å²) in [4.78, 5) is 15.9. The predicted octanol–water partition coefficient (Wildman–Crippen LogP) is 4.85. The van der Waals surface area contributed by atoms with E-state index in [-0.39, 0.29) is 11.6 Å². The Morgan fingerprint density at radius 1 is 1.15 bits per heavy atom. The Labute approximate surface area is 159 Å². The molecule has 0 saturated carbocycles. The minimum atomic E-state index is -0.255. The van der Waals surface area contributed by atoms with Crippen molar-refractivity contribution in [2.45, 2.75) is 6.54 Å². The lowest BCUT2D eigenvalue weighted by atomic mass is 10.2. The number of rotatable bonds is 6. The molecule has 0 aliphatic carbocycles. The molecule has 0 unspecified atom stereocenters. The van der Waals surface area contributed by atoms with E-state index in [1.165, 1.54) is 0 Å². The molecule has 0 aliphatic rings. The number of amides is 1. The number of thiophene rings is 1. The van der Waals surface area contributed by atoms with Crippen LogP contribution in [0.4, 0.5) is 5.69 Å². The summed E-state index contributed by atoms with van der Waals surface area (Å²) in [6.45, 7) is 0.436. The third-order valence-corrected chi connectivity index (χ3v) is 4.88. The fourth-order valence-corrected chi connectivity index (χ4v) is 3.34. The van der Waals surface area contributed by atoms with Gasteiger partial charge in [0.05, 0.1) is 19.9 Å². The molecule has 0 fully saturated rings. The van der Waals surface area contributed by atoms with Gasteiger partial charge >= 0.3 is 0 Å². The van der Waals surface area contributed by atoms with Gasteiger partial charge in [0.2, 0.25) is 5.76 Å². The van der Waals surface area contributed by atoms with E-state index in [0.29, 0.717) is 18.1 Å². The van der Waals surface area contributed by atoms with E-state index in [0.717, 1.165) is 16.3 Å². The average molecular weight is 380 g/mol. The lowest BCUT2D eigenvalue weighted by molar-refractivity contribution is 0.0976. The second-order valence-corrected chi connectivity index (χ2v) is 6.75. The second kappa shape index (κ2) is 7.51. The zero-order valence-corrected chi connectivity index (χ0v) is 15.3. The van der Waals surface area contributed by atoms with Gasteiger partial charge in [-0.25, -0.2) is 0 Å². The van der Waals surface area contributed by atoms with Crippen molar-refractivity contribution in [1.29, 1.82) is 0 Å². The van der Waals surface area contributed by atoms with Crippen molar-refractivity contribution >= 4 is 22.9 Å². The Hall–Kier alpha value is -3.32. The van der Waals surface area contributed by atoms with E-state index in [1.807, 2.05) is 41.8 Å². The number of carbonyl (C=O) groups is 1. The fraction of sp³-hybridized carbons (Fsp3) is 0.100. The average Bonchev–Trinajstić information content (AvgIpc) is 3.47. The number of carbonyl (C=O) groups excluding carboxylic acids is 1. The second-order valence-electron chi connectivity index (χ2n) is 5.72. The first-order valence-electron chi connectivity index (χ1n) is 8.23. The van der Waals surface area contributed by atoms with Crippen molar-refractivity contribution in [3.63, 3.8) is 0 Å². The van der Waals surface area contributed by atoms with Gasteiger partial charge in [0, 0.05) is 16.6 Å². The van der Waals surface area contributed by atoms with Crippen molar-refractivity contribution in [3.05, 3.63) is 76.8 Å². The zero-order chi connectivity index (χ0) is 18.6. The molecule has 3 aromatic heterocycles. The van der Waals surface area contributed by atoms with Gasteiger partial charge in [0.25, 0.3) is 5.91 Å². The maximum atomic E-state index is 13.2. The molecule has 27 heavy (non-hydrogen) atoms. The van der Waals surface area contributed by atoms with Gasteiger partial charge in [-0.2, -0.15) is 0 Å². The Balaban J connectivity index is 1.65. The third kappa shape index (κ3) is 3.63. The standard InChI is InChI=1S/C20H16N2O4S/c1-24-15-8-6-14(7-9-15)22(13-16-4-3-11-27-16)20(23)17-12-19(26-21-17)18-5-2-10-25-18/h2-12H,13H2,1H3. The molecule has 0 saturated heterocycles. The minimum Gasteiger partial charge on any atom is -0.497 e. The lowest BCUT2D eigenvalue weighted by Gasteiger charge is -2.21. The van der Waals surface area contributed by atoms with E-state index in [2.05, 4.69) is 5.16 Å². The number of aromatic nitrogens is 1. The highest BCUT2D eigenvalue weighted by Gasteiger charge is 2.23. The molecule has 4 rings (SSSR count). The molecule has 7 heteroatoms. The Morgan fingerprint density at radius 3 is 2.67 bits per heavy atom. The smallest absolute Gasteiger partial charge is 0.280 e. The van der Waals surface area contributed by atoms with E-state index in [9.17, 15) is 4.79 Å². The fourth-order valence-electron chi connectivity index (χ4n) is 2.65. The highest BCUT2D eigenvalue weighted by molar-refractivity contribution is 7.09. The van der Waals surface area contributed by atoms with Crippen LogP contribution >= 0.6 is 11.3 Å². The molecule has 1 aromatic carbocycles. The van der Waals surface area contributed by atoms with Crippen molar-refractivity contribution < 1.29 is 18.5 Å². The highest BCUT2D eigenvalue weighted by Crippen LogP contribution is 2.26. The van der Waals surface area contributed by atoms with Crippen LogP contribution in [0.25, 0.3) is 11.5 Å². The molecule has 136 valence electrons. The molecular formula is C20H16N2O4S. The van der Waals surface area contributed by atoms with Gasteiger partial charge in [-0.1, -0.05) is 11.2 Å². The summed E-state index contributed by atoms with van der Waals surface area (Å²) in [6, 6.07) is 16.4. The van der Waals surface area contributed by atoms with Crippen molar-refractivity contribution in [3.8, 4) is 17.3 Å². The van der Waals surface area contributed by atoms with Crippen LogP contribution in [0, 0.1) is 0 Å². The van der Waals surface area contributed by atoms with Crippen LogP contribution in [0.3, 0.4) is 0 Å². The molecule has 0 atom stereocenters. The van der Waals surface area contributed by atoms with Gasteiger partial charge < -0.3 is 18.6 Å². The summed E-state index contributed by atoms with van der Waals surface area (Å²) in [5.41, 5.74) is 0.963. The Bertz CT molecular complexity index is 1000. The first-order valence-corrected chi connectivity index (χ1v) is 9.11. The van der Waals surface area contributed by atoms with Crippen LogP contribution in [0.1, 0.15) is 15.4 Å². The molecule has 0 radical (unpaired) electrons. The summed E-state index contributed by atoms with van der Waals surface area (Å²) in [6.07, 6.45) is 1.54. The Kier molecular flexibility index (Phi) is 4.76. The zero-order valence-electron chi connectivity index (χ0n) is 14.5. The molecular weight excluding hydrogens is 364 g/mol. The van der Waals surface area contributed by atoms with E-state index in [4.69, 9.17) is 13.7 Å². The van der Waals surface area contributed by atoms with Crippen molar-refractivity contribution in [1.82, 2.24) is 5.16 Å². The van der Waals surface area contributed by atoms with E-state index in [1.54, 1.807) is 47.8 Å². The summed E-state index contributed by atoms with van der Waals surface area (Å²) < 4.78 is 15.8. The number of furan rings is 1. The first kappa shape index (κ1) is 17.1. The van der Waals surface area contributed by atoms with Crippen LogP contribution in [-0.2, 0) is 6.54 Å². The molecule has 0 aliphatic heterocycles. The first-order chi connectivity index (χ1) is 13.2. The highest BCUT2D eigenvalue weighted by atomic mass is 32.1. The van der Waals surface area contributed by atoms with Gasteiger partial charge in [-0.3, -0.25) is 4.79 Å². The minimum absolute atomic E-state index is 0.216. The van der Waals surface area contributed by atoms with Crippen LogP contribution in [0.15, 0.2) is 75.2 Å². The van der Waals surface area contributed by atoms with Crippen LogP contribution < -0.4 is 9.64 Å². The van der Waals surface area contributed by atoms with E-state index < -0.39 is 0 Å². The number of benzene rings is 1. The quantitative estimate of drug-likeness (QED) is 0.478. The van der Waals surface area contributed by atoms with Crippen LogP contribution in [0.5, 0.6) is 5.75 Å². The SMILES string of the molecule is COc1ccc(N(Cc2cccs2)C(=O)c2cc(-c3ccco3)on2)cc1. The number of anilines is 1. The summed E-state index contributed by atoms with van der Waals surface area (Å²) in [5.74, 6) is 1.41. The maximum absolute atomic E-state index is 13.2. The molecule has 0 spiro atoms. The van der Waals surface area contributed by atoms with E-state index >= 15 is 0 Å².